The predicted octanol–water partition coefficient (Wildman–Crippen LogP) is 7.65. The van der Waals surface area contributed by atoms with Crippen LogP contribution < -0.4 is 0 Å². The minimum atomic E-state index is -0.360. The lowest BCUT2D eigenvalue weighted by Gasteiger charge is -2.60. The molecule has 7 atom stereocenters. The first kappa shape index (κ1) is 42.1. The number of hydrogen-bond donors (Lipinski definition) is 1. The number of Topliss-reactive ketones (excluding diaryl/α,β-unsaturated/α-hetero) is 1. The largest absolute Gasteiger partial charge is 0.299 e. The maximum absolute atomic E-state index is 12.6. The van der Waals surface area contributed by atoms with Gasteiger partial charge in [0.25, 0.3) is 0 Å². The Morgan fingerprint density at radius 2 is 1.58 bits per heavy atom. The van der Waals surface area contributed by atoms with Crippen molar-refractivity contribution in [1.29, 1.82) is 0 Å². The third-order valence-electron chi connectivity index (χ3n) is 8.18. The first-order valence-electron chi connectivity index (χ1n) is 13.2. The van der Waals surface area contributed by atoms with E-state index in [4.69, 9.17) is 4.89 Å². The molecule has 0 radical (unpaired) electrons. The molecule has 3 unspecified atom stereocenters. The van der Waals surface area contributed by atoms with Gasteiger partial charge in [-0.1, -0.05) is 72.6 Å². The Balaban J connectivity index is -0.000000517. The zero-order valence-corrected chi connectivity index (χ0v) is 25.0. The van der Waals surface area contributed by atoms with E-state index in [-0.39, 0.29) is 34.6 Å². The first-order chi connectivity index (χ1) is 18.2. The van der Waals surface area contributed by atoms with Crippen molar-refractivity contribution >= 4 is 12.1 Å². The van der Waals surface area contributed by atoms with E-state index in [9.17, 15) is 14.8 Å². The van der Waals surface area contributed by atoms with E-state index in [0.717, 1.165) is 31.1 Å². The number of allylic oxidation sites excluding steroid dienone is 4. The predicted molar refractivity (Wildman–Crippen MR) is 163 cm³/mol. The molecule has 212 valence electrons. The Morgan fingerprint density at radius 3 is 1.95 bits per heavy atom. The molecular formula is C34H52O4. The lowest BCUT2D eigenvalue weighted by atomic mass is 9.45. The molecule has 0 heterocycles. The van der Waals surface area contributed by atoms with E-state index in [1.54, 1.807) is 6.08 Å². The van der Waals surface area contributed by atoms with Gasteiger partial charge in [-0.05, 0) is 49.5 Å². The maximum atomic E-state index is 12.6. The molecule has 0 bridgehead atoms. The fraction of sp³-hybridized carbons (Fsp3) is 0.588. The van der Waals surface area contributed by atoms with E-state index in [0.29, 0.717) is 24.7 Å². The number of hydrogen-bond acceptors (Lipinski definition) is 4. The molecule has 0 aliphatic heterocycles. The summed E-state index contributed by atoms with van der Waals surface area (Å²) in [5, 5.41) is 9.92. The van der Waals surface area contributed by atoms with E-state index in [1.807, 2.05) is 33.8 Å². The summed E-state index contributed by atoms with van der Waals surface area (Å²) in [4.78, 5) is 29.0. The van der Waals surface area contributed by atoms with E-state index < -0.39 is 0 Å². The summed E-state index contributed by atoms with van der Waals surface area (Å²) < 4.78 is 0. The molecule has 0 spiro atoms. The van der Waals surface area contributed by atoms with E-state index in [2.05, 4.69) is 85.2 Å². The molecule has 4 nitrogen and oxygen atoms in total. The quantitative estimate of drug-likeness (QED) is 0.0927. The fourth-order valence-corrected chi connectivity index (χ4v) is 6.70. The number of carbonyl (C=O) groups excluding carboxylic acids is 2. The van der Waals surface area contributed by atoms with Gasteiger partial charge in [0, 0.05) is 23.7 Å². The molecule has 2 aliphatic carbocycles. The second-order valence-electron chi connectivity index (χ2n) is 9.25. The van der Waals surface area contributed by atoms with Crippen LogP contribution in [0.1, 0.15) is 87.5 Å². The highest BCUT2D eigenvalue weighted by Gasteiger charge is 2.59. The van der Waals surface area contributed by atoms with Gasteiger partial charge < -0.3 is 0 Å². The standard InChI is InChI=1S/C24H38O4.C2H6.4C2H2/c1-7-13-23(5)17(12-14-25)10-11-18-19(8-2)24(6,16(4)20(26)9-3)15-21(28-27)22(18)23;5*1-2/h7,12-14,16,18-19,21-22,27H,8-11,15H2,1-6H3;1-2H3;4*1-2H/b13-7-,17-12-;;;;;/t16?,18-,19?,21-,22?,23-,24+;;;;;/m0...../s1. The molecule has 2 aliphatic rings. The molecule has 0 saturated heterocycles. The third-order valence-corrected chi connectivity index (χ3v) is 8.18. The minimum Gasteiger partial charge on any atom is -0.299 e. The van der Waals surface area contributed by atoms with Crippen LogP contribution in [0.5, 0.6) is 0 Å². The lowest BCUT2D eigenvalue weighted by molar-refractivity contribution is -0.322. The number of carbonyl (C=O) groups is 2. The highest BCUT2D eigenvalue weighted by Crippen LogP contribution is 2.62. The van der Waals surface area contributed by atoms with E-state index >= 15 is 0 Å². The Bertz CT molecular complexity index is 772. The number of ketones is 1. The third kappa shape index (κ3) is 9.38. The summed E-state index contributed by atoms with van der Waals surface area (Å²) in [6.45, 7) is 16.6. The summed E-state index contributed by atoms with van der Waals surface area (Å²) in [7, 11) is 0. The van der Waals surface area contributed by atoms with Crippen molar-refractivity contribution in [1.82, 2.24) is 0 Å². The Labute approximate surface area is 235 Å². The molecule has 0 aromatic carbocycles. The zero-order valence-electron chi connectivity index (χ0n) is 25.0. The van der Waals surface area contributed by atoms with Gasteiger partial charge in [-0.2, -0.15) is 0 Å². The van der Waals surface area contributed by atoms with Crippen LogP contribution in [0, 0.1) is 85.9 Å². The fourth-order valence-electron chi connectivity index (χ4n) is 6.70. The Kier molecular flexibility index (Phi) is 25.6. The second-order valence-corrected chi connectivity index (χ2v) is 9.25. The average Bonchev–Trinajstić information content (AvgIpc) is 2.98. The van der Waals surface area contributed by atoms with Crippen LogP contribution in [0.3, 0.4) is 0 Å². The first-order valence-corrected chi connectivity index (χ1v) is 13.2. The van der Waals surface area contributed by atoms with Crippen LogP contribution >= 0.6 is 0 Å². The summed E-state index contributed by atoms with van der Waals surface area (Å²) in [6.07, 6.45) is 42.4. The van der Waals surface area contributed by atoms with Crippen molar-refractivity contribution in [3.8, 4) is 51.4 Å². The second kappa shape index (κ2) is 23.1. The zero-order chi connectivity index (χ0) is 31.1. The van der Waals surface area contributed by atoms with Crippen molar-refractivity contribution < 1.29 is 19.7 Å². The van der Waals surface area contributed by atoms with Crippen LogP contribution in [0.2, 0.25) is 0 Å². The molecule has 0 amide bonds. The maximum Gasteiger partial charge on any atom is 0.142 e. The SMILES string of the molecule is C#C.C#C.C#C.C#C.C/C=C\[C@@]1(C)/C(=C\C=O)CC[C@H]2C(CC)[C@@](C)(C(C)C(=O)CC)C[C@H](OO)C21.CC. The Hall–Kier alpha value is -3.02. The topological polar surface area (TPSA) is 63.6 Å². The molecule has 1 N–H and O–H groups in total. The summed E-state index contributed by atoms with van der Waals surface area (Å²) in [5.74, 6) is 0.996. The minimum absolute atomic E-state index is 0.0686. The van der Waals surface area contributed by atoms with Crippen molar-refractivity contribution in [2.45, 2.75) is 93.6 Å². The average molecular weight is 525 g/mol. The van der Waals surface area contributed by atoms with Crippen molar-refractivity contribution in [3.63, 3.8) is 0 Å². The van der Waals surface area contributed by atoms with Crippen LogP contribution in [-0.2, 0) is 14.5 Å². The molecule has 38 heavy (non-hydrogen) atoms. The normalized spacial score (nSPS) is 30.6. The van der Waals surface area contributed by atoms with Crippen LogP contribution in [0.4, 0.5) is 0 Å². The van der Waals surface area contributed by atoms with Gasteiger partial charge in [0.15, 0.2) is 0 Å². The Morgan fingerprint density at radius 1 is 1.08 bits per heavy atom. The van der Waals surface area contributed by atoms with Gasteiger partial charge in [-0.3, -0.25) is 14.8 Å². The molecule has 4 heteroatoms. The smallest absolute Gasteiger partial charge is 0.142 e. The molecule has 2 rings (SSSR count). The molecule has 2 saturated carbocycles. The highest BCUT2D eigenvalue weighted by atomic mass is 17.1. The summed E-state index contributed by atoms with van der Waals surface area (Å²) in [5.41, 5.74) is 0.567. The molecule has 0 aromatic rings. The van der Waals surface area contributed by atoms with Gasteiger partial charge in [-0.25, -0.2) is 4.89 Å². The number of rotatable bonds is 7. The number of aldehydes is 1. The van der Waals surface area contributed by atoms with Crippen molar-refractivity contribution in [3.05, 3.63) is 23.8 Å². The number of fused-ring (bicyclic) bond motifs is 1. The van der Waals surface area contributed by atoms with Crippen LogP contribution in [-0.4, -0.2) is 23.4 Å². The van der Waals surface area contributed by atoms with Gasteiger partial charge in [0.2, 0.25) is 0 Å². The molecule has 0 aromatic heterocycles. The molecule has 2 fully saturated rings. The van der Waals surface area contributed by atoms with Crippen molar-refractivity contribution in [2.75, 3.05) is 0 Å². The van der Waals surface area contributed by atoms with Gasteiger partial charge in [-0.15, -0.1) is 51.4 Å². The lowest BCUT2D eigenvalue weighted by Crippen LogP contribution is -2.58. The molecular weight excluding hydrogens is 472 g/mol. The van der Waals surface area contributed by atoms with Gasteiger partial charge in [0.05, 0.1) is 6.10 Å². The highest BCUT2D eigenvalue weighted by molar-refractivity contribution is 5.81. The van der Waals surface area contributed by atoms with Gasteiger partial charge in [0.1, 0.15) is 12.1 Å². The van der Waals surface area contributed by atoms with Crippen LogP contribution in [0.25, 0.3) is 0 Å². The number of terminal acetylenes is 4. The van der Waals surface area contributed by atoms with Crippen molar-refractivity contribution in [2.24, 2.45) is 34.5 Å². The monoisotopic (exact) mass is 524 g/mol. The van der Waals surface area contributed by atoms with E-state index in [1.165, 1.54) is 0 Å². The van der Waals surface area contributed by atoms with Gasteiger partial charge >= 0.3 is 0 Å². The summed E-state index contributed by atoms with van der Waals surface area (Å²) in [6, 6.07) is 0. The summed E-state index contributed by atoms with van der Waals surface area (Å²) >= 11 is 0. The van der Waals surface area contributed by atoms with Crippen LogP contribution in [0.15, 0.2) is 23.8 Å².